The van der Waals surface area contributed by atoms with Gasteiger partial charge in [0.1, 0.15) is 0 Å². The number of rotatable bonds is 3. The van der Waals surface area contributed by atoms with Gasteiger partial charge in [-0.25, -0.2) is 0 Å². The van der Waals surface area contributed by atoms with Gasteiger partial charge in [0.2, 0.25) is 5.95 Å². The van der Waals surface area contributed by atoms with Gasteiger partial charge in [0.25, 0.3) is 5.91 Å². The average molecular weight is 290 g/mol. The Morgan fingerprint density at radius 2 is 2.40 bits per heavy atom. The van der Waals surface area contributed by atoms with Gasteiger partial charge in [-0.2, -0.15) is 4.98 Å². The Labute approximate surface area is 119 Å². The zero-order valence-corrected chi connectivity index (χ0v) is 11.8. The third kappa shape index (κ3) is 2.72. The van der Waals surface area contributed by atoms with E-state index in [1.165, 1.54) is 4.88 Å². The van der Waals surface area contributed by atoms with E-state index in [0.29, 0.717) is 18.2 Å². The Morgan fingerprint density at radius 1 is 1.50 bits per heavy atom. The van der Waals surface area contributed by atoms with E-state index in [-0.39, 0.29) is 11.9 Å². The van der Waals surface area contributed by atoms with Crippen LogP contribution >= 0.6 is 11.3 Å². The first-order chi connectivity index (χ1) is 9.72. The van der Waals surface area contributed by atoms with Gasteiger partial charge in [0, 0.05) is 4.88 Å². The van der Waals surface area contributed by atoms with Gasteiger partial charge >= 0.3 is 0 Å². The lowest BCUT2D eigenvalue weighted by atomic mass is 10.2. The smallest absolute Gasteiger partial charge is 0.292 e. The average Bonchev–Trinajstić information content (AvgIpc) is 3.09. The van der Waals surface area contributed by atoms with E-state index in [2.05, 4.69) is 20.5 Å². The number of aryl methyl sites for hydroxylation is 1. The number of carbonyl (C=O) groups is 1. The normalized spacial score (nSPS) is 14.6. The summed E-state index contributed by atoms with van der Waals surface area (Å²) < 4.78 is 5.29. The number of anilines is 1. The monoisotopic (exact) mass is 290 g/mol. The molecule has 0 saturated carbocycles. The molecule has 0 bridgehead atoms. The Hall–Kier alpha value is -2.15. The second kappa shape index (κ2) is 5.46. The first kappa shape index (κ1) is 12.9. The lowest BCUT2D eigenvalue weighted by molar-refractivity contribution is -0.116. The number of aromatic amines is 1. The molecule has 1 amide bonds. The molecule has 0 fully saturated rings. The fraction of sp³-hybridized carbons (Fsp3) is 0.308. The van der Waals surface area contributed by atoms with Crippen LogP contribution < -0.4 is 5.32 Å². The van der Waals surface area contributed by atoms with E-state index < -0.39 is 0 Å². The summed E-state index contributed by atoms with van der Waals surface area (Å²) in [6.45, 7) is 2.60. The summed E-state index contributed by atoms with van der Waals surface area (Å²) in [7, 11) is 0. The highest BCUT2D eigenvalue weighted by atomic mass is 32.1. The molecule has 1 aliphatic rings. The van der Waals surface area contributed by atoms with Gasteiger partial charge in [0.15, 0.2) is 11.6 Å². The molecule has 0 spiro atoms. The molecule has 0 atom stereocenters. The predicted molar refractivity (Wildman–Crippen MR) is 76.3 cm³/mol. The van der Waals surface area contributed by atoms with Crippen LogP contribution in [0.3, 0.4) is 0 Å². The third-order valence-corrected chi connectivity index (χ3v) is 3.85. The highest BCUT2D eigenvalue weighted by Gasteiger charge is 2.16. The highest BCUT2D eigenvalue weighted by molar-refractivity contribution is 7.15. The lowest BCUT2D eigenvalue weighted by Gasteiger charge is -2.13. The van der Waals surface area contributed by atoms with Crippen LogP contribution in [-0.4, -0.2) is 27.7 Å². The van der Waals surface area contributed by atoms with Gasteiger partial charge in [-0.05, 0) is 38.0 Å². The third-order valence-electron chi connectivity index (χ3n) is 2.84. The van der Waals surface area contributed by atoms with Crippen molar-refractivity contribution in [1.29, 1.82) is 0 Å². The molecule has 3 rings (SSSR count). The van der Waals surface area contributed by atoms with Crippen molar-refractivity contribution in [2.45, 2.75) is 19.8 Å². The number of carbonyl (C=O) groups excluding carboxylic acids is 1. The number of nitrogens with zero attached hydrogens (tertiary/aromatic N) is 2. The first-order valence-electron chi connectivity index (χ1n) is 6.36. The van der Waals surface area contributed by atoms with Crippen LogP contribution in [0.1, 0.15) is 17.7 Å². The largest absolute Gasteiger partial charge is 0.488 e. The van der Waals surface area contributed by atoms with Crippen molar-refractivity contribution < 1.29 is 9.53 Å². The molecule has 3 heterocycles. The van der Waals surface area contributed by atoms with Crippen molar-refractivity contribution in [3.05, 3.63) is 28.8 Å². The fourth-order valence-electron chi connectivity index (χ4n) is 1.87. The van der Waals surface area contributed by atoms with Crippen molar-refractivity contribution in [2.75, 3.05) is 11.9 Å². The zero-order chi connectivity index (χ0) is 13.9. The van der Waals surface area contributed by atoms with Gasteiger partial charge in [-0.1, -0.05) is 0 Å². The minimum atomic E-state index is -0.308. The van der Waals surface area contributed by atoms with Gasteiger partial charge in [0.05, 0.1) is 11.5 Å². The van der Waals surface area contributed by atoms with Crippen molar-refractivity contribution in [3.63, 3.8) is 0 Å². The second-order valence-electron chi connectivity index (χ2n) is 4.43. The van der Waals surface area contributed by atoms with E-state index in [1.54, 1.807) is 17.4 Å². The van der Waals surface area contributed by atoms with Crippen molar-refractivity contribution in [3.8, 4) is 10.7 Å². The number of amides is 1. The quantitative estimate of drug-likeness (QED) is 0.910. The molecule has 6 nitrogen and oxygen atoms in total. The molecule has 0 saturated heterocycles. The minimum absolute atomic E-state index is 0.256. The van der Waals surface area contributed by atoms with Crippen LogP contribution in [0, 0.1) is 6.92 Å². The lowest BCUT2D eigenvalue weighted by Crippen LogP contribution is -2.19. The summed E-state index contributed by atoms with van der Waals surface area (Å²) in [5.74, 6) is 0.940. The van der Waals surface area contributed by atoms with Crippen LogP contribution in [0.25, 0.3) is 10.7 Å². The Balaban J connectivity index is 1.71. The Bertz CT molecular complexity index is 659. The number of H-pyrrole nitrogens is 1. The molecule has 2 N–H and O–H groups in total. The van der Waals surface area contributed by atoms with Crippen LogP contribution in [0.4, 0.5) is 5.95 Å². The number of ether oxygens (including phenoxy) is 1. The topological polar surface area (TPSA) is 79.9 Å². The molecule has 2 aromatic heterocycles. The summed E-state index contributed by atoms with van der Waals surface area (Å²) in [5.41, 5.74) is 0. The molecule has 0 unspecified atom stereocenters. The fourth-order valence-corrected chi connectivity index (χ4v) is 2.68. The maximum absolute atomic E-state index is 11.9. The Kier molecular flexibility index (Phi) is 3.51. The molecule has 0 radical (unpaired) electrons. The zero-order valence-electron chi connectivity index (χ0n) is 11.0. The van der Waals surface area contributed by atoms with Crippen LogP contribution in [0.2, 0.25) is 0 Å². The van der Waals surface area contributed by atoms with E-state index in [0.717, 1.165) is 17.7 Å². The van der Waals surface area contributed by atoms with Crippen LogP contribution in [-0.2, 0) is 9.53 Å². The van der Waals surface area contributed by atoms with Gasteiger partial charge < -0.3 is 4.74 Å². The molecule has 20 heavy (non-hydrogen) atoms. The molecule has 0 aromatic carbocycles. The maximum Gasteiger partial charge on any atom is 0.292 e. The molecule has 104 valence electrons. The number of nitrogens with one attached hydrogen (secondary N) is 2. The molecular weight excluding hydrogens is 276 g/mol. The molecular formula is C13H14N4O2S. The maximum atomic E-state index is 11.9. The number of hydrogen-bond donors (Lipinski definition) is 2. The summed E-state index contributed by atoms with van der Waals surface area (Å²) >= 11 is 1.62. The van der Waals surface area contributed by atoms with Gasteiger partial charge in [-0.3, -0.25) is 15.2 Å². The number of aromatic nitrogens is 3. The summed E-state index contributed by atoms with van der Waals surface area (Å²) in [6, 6.07) is 3.99. The minimum Gasteiger partial charge on any atom is -0.488 e. The van der Waals surface area contributed by atoms with E-state index in [4.69, 9.17) is 4.74 Å². The molecule has 0 aliphatic carbocycles. The molecule has 7 heteroatoms. The summed E-state index contributed by atoms with van der Waals surface area (Å²) in [4.78, 5) is 18.4. The number of thiophene rings is 1. The van der Waals surface area contributed by atoms with Crippen molar-refractivity contribution >= 4 is 23.2 Å². The summed E-state index contributed by atoms with van der Waals surface area (Å²) in [6.07, 6.45) is 3.59. The van der Waals surface area contributed by atoms with Crippen molar-refractivity contribution in [1.82, 2.24) is 15.2 Å². The predicted octanol–water partition coefficient (Wildman–Crippen LogP) is 2.47. The van der Waals surface area contributed by atoms with Crippen LogP contribution in [0.5, 0.6) is 0 Å². The van der Waals surface area contributed by atoms with E-state index in [1.807, 2.05) is 19.1 Å². The number of allylic oxidation sites excluding steroid dienone is 1. The number of hydrogen-bond acceptors (Lipinski definition) is 5. The van der Waals surface area contributed by atoms with E-state index >= 15 is 0 Å². The van der Waals surface area contributed by atoms with Crippen molar-refractivity contribution in [2.24, 2.45) is 0 Å². The second-order valence-corrected chi connectivity index (χ2v) is 5.72. The molecule has 1 aliphatic heterocycles. The standard InChI is InChI=1S/C13H14N4O2S/c1-8-5-6-10(20-8)11-14-13(17-16-11)15-12(18)9-4-2-3-7-19-9/h4-6H,2-3,7H2,1H3,(H2,14,15,16,17,18). The van der Waals surface area contributed by atoms with Gasteiger partial charge in [-0.15, -0.1) is 16.4 Å². The highest BCUT2D eigenvalue weighted by Crippen LogP contribution is 2.25. The first-order valence-corrected chi connectivity index (χ1v) is 7.17. The van der Waals surface area contributed by atoms with Crippen LogP contribution in [0.15, 0.2) is 24.0 Å². The summed E-state index contributed by atoms with van der Waals surface area (Å²) in [5, 5.41) is 9.44. The Morgan fingerprint density at radius 3 is 3.10 bits per heavy atom. The molecule has 2 aromatic rings. The van der Waals surface area contributed by atoms with E-state index in [9.17, 15) is 4.79 Å². The SMILES string of the molecule is Cc1ccc(-c2nc(NC(=O)C3=CCCCO3)n[nH]2)s1.